The Kier molecular flexibility index (Phi) is 4.61. The van der Waals surface area contributed by atoms with Gasteiger partial charge in [0, 0.05) is 18.7 Å². The maximum atomic E-state index is 5.53. The van der Waals surface area contributed by atoms with Crippen molar-refractivity contribution in [2.75, 3.05) is 32.2 Å². The minimum atomic E-state index is 0.800. The molecule has 0 spiro atoms. The van der Waals surface area contributed by atoms with Crippen LogP contribution >= 0.6 is 0 Å². The lowest BCUT2D eigenvalue weighted by atomic mass is 10.0. The minimum absolute atomic E-state index is 0.800. The Balaban J connectivity index is 1.77. The van der Waals surface area contributed by atoms with Gasteiger partial charge in [-0.3, -0.25) is 4.98 Å². The first kappa shape index (κ1) is 16.6. The first-order valence-electron chi connectivity index (χ1n) is 9.02. The van der Waals surface area contributed by atoms with Crippen LogP contribution in [0.3, 0.4) is 0 Å². The lowest BCUT2D eigenvalue weighted by Gasteiger charge is -2.27. The molecule has 0 radical (unpaired) electrons. The highest BCUT2D eigenvalue weighted by molar-refractivity contribution is 5.84. The van der Waals surface area contributed by atoms with Crippen molar-refractivity contribution in [2.45, 2.75) is 19.3 Å². The molecule has 5 nitrogen and oxygen atoms in total. The molecule has 0 saturated carbocycles. The molecule has 0 amide bonds. The summed E-state index contributed by atoms with van der Waals surface area (Å²) in [7, 11) is 3.35. The van der Waals surface area contributed by atoms with Gasteiger partial charge in [-0.1, -0.05) is 6.07 Å². The third-order valence-corrected chi connectivity index (χ3v) is 4.93. The van der Waals surface area contributed by atoms with E-state index in [1.54, 1.807) is 14.2 Å². The number of fused-ring (bicyclic) bond motifs is 1. The second-order valence-corrected chi connectivity index (χ2v) is 6.55. The van der Waals surface area contributed by atoms with Crippen LogP contribution in [0.1, 0.15) is 19.3 Å². The summed E-state index contributed by atoms with van der Waals surface area (Å²) in [4.78, 5) is 11.8. The Morgan fingerprint density at radius 2 is 1.73 bits per heavy atom. The second-order valence-electron chi connectivity index (χ2n) is 6.55. The van der Waals surface area contributed by atoms with E-state index < -0.39 is 0 Å². The number of anilines is 1. The highest BCUT2D eigenvalue weighted by Gasteiger charge is 2.14. The summed E-state index contributed by atoms with van der Waals surface area (Å²) < 4.78 is 10.9. The molecule has 2 aromatic carbocycles. The van der Waals surface area contributed by atoms with Gasteiger partial charge in [-0.2, -0.15) is 0 Å². The van der Waals surface area contributed by atoms with Crippen LogP contribution in [0.4, 0.5) is 5.82 Å². The van der Waals surface area contributed by atoms with E-state index in [9.17, 15) is 0 Å². The average Bonchev–Trinajstić information content (AvgIpc) is 2.73. The van der Waals surface area contributed by atoms with Crippen molar-refractivity contribution in [1.29, 1.82) is 0 Å². The number of piperidine rings is 1. The monoisotopic (exact) mass is 349 g/mol. The number of hydrogen-bond acceptors (Lipinski definition) is 5. The number of methoxy groups -OCH3 is 2. The molecule has 5 heteroatoms. The summed E-state index contributed by atoms with van der Waals surface area (Å²) in [5.41, 5.74) is 3.82. The topological polar surface area (TPSA) is 47.5 Å². The molecule has 0 bridgehead atoms. The fourth-order valence-corrected chi connectivity index (χ4v) is 3.48. The van der Waals surface area contributed by atoms with Crippen LogP contribution < -0.4 is 14.4 Å². The molecule has 4 rings (SSSR count). The summed E-state index contributed by atoms with van der Waals surface area (Å²) in [6.07, 6.45) is 5.64. The quantitative estimate of drug-likeness (QED) is 0.703. The van der Waals surface area contributed by atoms with Gasteiger partial charge in [-0.25, -0.2) is 4.98 Å². The fourth-order valence-electron chi connectivity index (χ4n) is 3.48. The van der Waals surface area contributed by atoms with Crippen molar-refractivity contribution in [3.63, 3.8) is 0 Å². The van der Waals surface area contributed by atoms with E-state index >= 15 is 0 Å². The standard InChI is InChI=1S/C21H23N3O2/c1-25-16-7-9-20(26-2)17(13-16)15-6-8-18-19(12-15)23-21(14-22-18)24-10-4-3-5-11-24/h6-9,12-14H,3-5,10-11H2,1-2H3. The summed E-state index contributed by atoms with van der Waals surface area (Å²) in [5, 5.41) is 0. The first-order chi connectivity index (χ1) is 12.8. The molecule has 26 heavy (non-hydrogen) atoms. The van der Waals surface area contributed by atoms with Crippen molar-refractivity contribution in [3.05, 3.63) is 42.6 Å². The summed E-state index contributed by atoms with van der Waals surface area (Å²) >= 11 is 0. The van der Waals surface area contributed by atoms with E-state index in [0.29, 0.717) is 0 Å². The van der Waals surface area contributed by atoms with Crippen LogP contribution in [0.2, 0.25) is 0 Å². The van der Waals surface area contributed by atoms with E-state index in [1.165, 1.54) is 19.3 Å². The van der Waals surface area contributed by atoms with Crippen molar-refractivity contribution >= 4 is 16.9 Å². The molecule has 2 heterocycles. The molecule has 1 saturated heterocycles. The van der Waals surface area contributed by atoms with Gasteiger partial charge in [0.25, 0.3) is 0 Å². The number of rotatable bonds is 4. The molecular weight excluding hydrogens is 326 g/mol. The molecule has 1 fully saturated rings. The Bertz CT molecular complexity index is 920. The molecule has 0 aliphatic carbocycles. The Labute approximate surface area is 153 Å². The van der Waals surface area contributed by atoms with Crippen molar-refractivity contribution in [3.8, 4) is 22.6 Å². The van der Waals surface area contributed by atoms with Crippen LogP contribution in [0.5, 0.6) is 11.5 Å². The van der Waals surface area contributed by atoms with Gasteiger partial charge in [0.2, 0.25) is 0 Å². The molecule has 134 valence electrons. The first-order valence-corrected chi connectivity index (χ1v) is 9.02. The third kappa shape index (κ3) is 3.17. The molecule has 0 unspecified atom stereocenters. The van der Waals surface area contributed by atoms with Gasteiger partial charge in [-0.05, 0) is 55.2 Å². The zero-order valence-corrected chi connectivity index (χ0v) is 15.2. The fraction of sp³-hybridized carbons (Fsp3) is 0.333. The highest BCUT2D eigenvalue weighted by atomic mass is 16.5. The molecule has 1 aromatic heterocycles. The van der Waals surface area contributed by atoms with Crippen LogP contribution in [0, 0.1) is 0 Å². The van der Waals surface area contributed by atoms with Crippen LogP contribution in [0.15, 0.2) is 42.6 Å². The molecule has 3 aromatic rings. The van der Waals surface area contributed by atoms with E-state index in [-0.39, 0.29) is 0 Å². The predicted octanol–water partition coefficient (Wildman–Crippen LogP) is 4.30. The Morgan fingerprint density at radius 3 is 2.50 bits per heavy atom. The van der Waals surface area contributed by atoms with E-state index in [2.05, 4.69) is 22.0 Å². The average molecular weight is 349 g/mol. The van der Waals surface area contributed by atoms with Crippen LogP contribution in [0.25, 0.3) is 22.2 Å². The van der Waals surface area contributed by atoms with Gasteiger partial charge < -0.3 is 14.4 Å². The summed E-state index contributed by atoms with van der Waals surface area (Å²) in [5.74, 6) is 2.58. The predicted molar refractivity (Wildman–Crippen MR) is 104 cm³/mol. The second kappa shape index (κ2) is 7.20. The Morgan fingerprint density at radius 1 is 0.885 bits per heavy atom. The zero-order chi connectivity index (χ0) is 17.9. The minimum Gasteiger partial charge on any atom is -0.497 e. The summed E-state index contributed by atoms with van der Waals surface area (Å²) in [6, 6.07) is 12.0. The van der Waals surface area contributed by atoms with Crippen LogP contribution in [-0.2, 0) is 0 Å². The largest absolute Gasteiger partial charge is 0.497 e. The van der Waals surface area contributed by atoms with Gasteiger partial charge in [-0.15, -0.1) is 0 Å². The van der Waals surface area contributed by atoms with E-state index in [1.807, 2.05) is 30.5 Å². The molecule has 1 aliphatic rings. The SMILES string of the molecule is COc1ccc(OC)c(-c2ccc3ncc(N4CCCCC4)nc3c2)c1. The maximum absolute atomic E-state index is 5.53. The zero-order valence-electron chi connectivity index (χ0n) is 15.2. The lowest BCUT2D eigenvalue weighted by molar-refractivity contribution is 0.404. The van der Waals surface area contributed by atoms with E-state index in [0.717, 1.165) is 52.6 Å². The van der Waals surface area contributed by atoms with Crippen molar-refractivity contribution < 1.29 is 9.47 Å². The smallest absolute Gasteiger partial charge is 0.147 e. The normalized spacial score (nSPS) is 14.5. The van der Waals surface area contributed by atoms with E-state index in [4.69, 9.17) is 14.5 Å². The van der Waals surface area contributed by atoms with Crippen molar-refractivity contribution in [1.82, 2.24) is 9.97 Å². The maximum Gasteiger partial charge on any atom is 0.147 e. The van der Waals surface area contributed by atoms with Gasteiger partial charge in [0.05, 0.1) is 31.4 Å². The van der Waals surface area contributed by atoms with Crippen LogP contribution in [-0.4, -0.2) is 37.3 Å². The van der Waals surface area contributed by atoms with Gasteiger partial charge >= 0.3 is 0 Å². The molecule has 0 atom stereocenters. The molecule has 1 aliphatic heterocycles. The molecular formula is C21H23N3O2. The number of hydrogen-bond donors (Lipinski definition) is 0. The van der Waals surface area contributed by atoms with Gasteiger partial charge in [0.15, 0.2) is 0 Å². The number of nitrogens with zero attached hydrogens (tertiary/aromatic N) is 3. The highest BCUT2D eigenvalue weighted by Crippen LogP contribution is 2.34. The number of benzene rings is 2. The Hall–Kier alpha value is -2.82. The number of ether oxygens (including phenoxy) is 2. The van der Waals surface area contributed by atoms with Gasteiger partial charge in [0.1, 0.15) is 17.3 Å². The summed E-state index contributed by atoms with van der Waals surface area (Å²) in [6.45, 7) is 2.12. The molecule has 0 N–H and O–H groups in total. The van der Waals surface area contributed by atoms with Crippen molar-refractivity contribution in [2.24, 2.45) is 0 Å². The number of aromatic nitrogens is 2. The lowest BCUT2D eigenvalue weighted by Crippen LogP contribution is -2.30. The third-order valence-electron chi connectivity index (χ3n) is 4.93.